The van der Waals surface area contributed by atoms with Gasteiger partial charge in [0.15, 0.2) is 0 Å². The molecule has 5 unspecified atom stereocenters. The summed E-state index contributed by atoms with van der Waals surface area (Å²) >= 11 is 0. The zero-order valence-corrected chi connectivity index (χ0v) is 34.4. The van der Waals surface area contributed by atoms with Crippen LogP contribution in [0.4, 0.5) is 0 Å². The van der Waals surface area contributed by atoms with Crippen molar-refractivity contribution in [2.75, 3.05) is 0 Å². The summed E-state index contributed by atoms with van der Waals surface area (Å²) in [6.45, 7) is 48.4. The molecule has 0 aliphatic heterocycles. The van der Waals surface area contributed by atoms with E-state index in [0.717, 1.165) is 12.8 Å². The maximum absolute atomic E-state index is 4.83. The molecule has 5 atom stereocenters. The smallest absolute Gasteiger partial charge is 0.0124 e. The van der Waals surface area contributed by atoms with Crippen molar-refractivity contribution in [3.05, 3.63) is 136 Å². The van der Waals surface area contributed by atoms with E-state index in [0.29, 0.717) is 47.3 Å². The summed E-state index contributed by atoms with van der Waals surface area (Å²) in [6, 6.07) is 0. The van der Waals surface area contributed by atoms with E-state index in [1.807, 2.05) is 0 Å². The van der Waals surface area contributed by atoms with Gasteiger partial charge in [-0.25, -0.2) is 0 Å². The largest absolute Gasteiger partial charge is 0.0946 e. The Hall–Kier alpha value is -3.12. The van der Waals surface area contributed by atoms with E-state index in [2.05, 4.69) is 111 Å². The molecule has 0 fully saturated rings. The zero-order valence-electron chi connectivity index (χ0n) is 34.4. The molecule has 0 radical (unpaired) electrons. The summed E-state index contributed by atoms with van der Waals surface area (Å²) in [6.07, 6.45) is 2.09. The standard InChI is InChI=1S/C50H64/c1-21(2)39-29(12)32(15)45-41(23(5)6)48-35(18)44(40(22(3)4)50(48)49(39)45)38-20-37(27(10)28(38)11)43-31(14)34(17)46-42(30(13)33(16)47(43)46)36-19-24(7)25(8)26(36)9/h21-23,30-31,39-41H,16-17,19-20H2,1-15,18H3. The maximum atomic E-state index is 4.83. The predicted molar refractivity (Wildman–Crippen MR) is 216 cm³/mol. The lowest BCUT2D eigenvalue weighted by Gasteiger charge is -2.30. The zero-order chi connectivity index (χ0) is 36.7. The van der Waals surface area contributed by atoms with Crippen LogP contribution in [0.15, 0.2) is 136 Å². The first-order valence-electron chi connectivity index (χ1n) is 19.9. The summed E-state index contributed by atoms with van der Waals surface area (Å²) in [7, 11) is 0. The molecule has 0 heteroatoms. The average Bonchev–Trinajstić information content (AvgIpc) is 3.85. The highest BCUT2D eigenvalue weighted by molar-refractivity contribution is 5.81. The van der Waals surface area contributed by atoms with Gasteiger partial charge in [0.2, 0.25) is 0 Å². The van der Waals surface area contributed by atoms with Gasteiger partial charge in [0.25, 0.3) is 0 Å². The second kappa shape index (κ2) is 11.7. The van der Waals surface area contributed by atoms with Gasteiger partial charge in [-0.05, 0) is 197 Å². The van der Waals surface area contributed by atoms with Gasteiger partial charge < -0.3 is 0 Å². The van der Waals surface area contributed by atoms with Crippen LogP contribution in [-0.4, -0.2) is 0 Å². The molecule has 0 saturated carbocycles. The van der Waals surface area contributed by atoms with Crippen LogP contribution in [0.25, 0.3) is 0 Å². The van der Waals surface area contributed by atoms with Crippen molar-refractivity contribution >= 4 is 0 Å². The minimum atomic E-state index is 0.303. The fourth-order valence-corrected chi connectivity index (χ4v) is 11.9. The molecule has 0 bridgehead atoms. The Balaban J connectivity index is 1.34. The Labute approximate surface area is 305 Å². The van der Waals surface area contributed by atoms with Crippen LogP contribution in [0.5, 0.6) is 0 Å². The molecule has 50 heavy (non-hydrogen) atoms. The second-order valence-electron chi connectivity index (χ2n) is 18.3. The number of fused-ring (bicyclic) bond motifs is 2. The minimum absolute atomic E-state index is 0.303. The fraction of sp³-hybridized carbons (Fsp3) is 0.520. The van der Waals surface area contributed by atoms with Gasteiger partial charge in [-0.2, -0.15) is 0 Å². The summed E-state index contributed by atoms with van der Waals surface area (Å²) in [5.74, 6) is 3.83. The van der Waals surface area contributed by atoms with E-state index in [4.69, 9.17) is 13.2 Å². The van der Waals surface area contributed by atoms with E-state index in [1.54, 1.807) is 55.7 Å². The first-order chi connectivity index (χ1) is 23.4. The van der Waals surface area contributed by atoms with Gasteiger partial charge in [0.1, 0.15) is 0 Å². The van der Waals surface area contributed by atoms with Crippen LogP contribution >= 0.6 is 0 Å². The van der Waals surface area contributed by atoms with Crippen LogP contribution in [0, 0.1) is 47.3 Å². The van der Waals surface area contributed by atoms with Gasteiger partial charge >= 0.3 is 0 Å². The number of rotatable bonds is 6. The molecule has 7 aliphatic rings. The molecule has 0 spiro atoms. The van der Waals surface area contributed by atoms with Crippen LogP contribution in [-0.2, 0) is 0 Å². The first kappa shape index (κ1) is 35.3. The quantitative estimate of drug-likeness (QED) is 0.265. The number of hydrogen-bond donors (Lipinski definition) is 0. The van der Waals surface area contributed by atoms with Gasteiger partial charge in [0.05, 0.1) is 0 Å². The van der Waals surface area contributed by atoms with Crippen molar-refractivity contribution in [3.8, 4) is 0 Å². The van der Waals surface area contributed by atoms with Crippen LogP contribution in [0.1, 0.15) is 124 Å². The summed E-state index contributed by atoms with van der Waals surface area (Å²) in [5, 5.41) is 0. The Morgan fingerprint density at radius 3 is 1.24 bits per heavy atom. The lowest BCUT2D eigenvalue weighted by molar-refractivity contribution is 0.474. The molecule has 0 aromatic heterocycles. The Kier molecular flexibility index (Phi) is 8.26. The van der Waals surface area contributed by atoms with Crippen molar-refractivity contribution in [1.82, 2.24) is 0 Å². The number of hydrogen-bond acceptors (Lipinski definition) is 0. The van der Waals surface area contributed by atoms with Crippen LogP contribution < -0.4 is 0 Å². The normalized spacial score (nSPS) is 30.3. The highest BCUT2D eigenvalue weighted by Crippen LogP contribution is 2.65. The van der Waals surface area contributed by atoms with Crippen molar-refractivity contribution < 1.29 is 0 Å². The Bertz CT molecular complexity index is 2040. The molecule has 7 aliphatic carbocycles. The SMILES string of the molecule is C=C1C2=C(C3=C(C)C(C)=C(C4=C(C)C5=C(C6=C(C(C)=C(C)C6C(C)C)C5C(C)C)C4C(C)C)C3)C(C)C(=C)C2=C(C2=C(C)C(C)=C(C)C2)C1C. The van der Waals surface area contributed by atoms with E-state index in [1.165, 1.54) is 66.9 Å². The van der Waals surface area contributed by atoms with E-state index in [-0.39, 0.29) is 0 Å². The summed E-state index contributed by atoms with van der Waals surface area (Å²) in [5.41, 5.74) is 34.0. The van der Waals surface area contributed by atoms with Crippen LogP contribution in [0.3, 0.4) is 0 Å². The highest BCUT2D eigenvalue weighted by atomic mass is 14.6. The monoisotopic (exact) mass is 665 g/mol. The van der Waals surface area contributed by atoms with Crippen molar-refractivity contribution in [3.63, 3.8) is 0 Å². The number of allylic oxidation sites excluding steroid dienone is 22. The highest BCUT2D eigenvalue weighted by Gasteiger charge is 2.52. The third-order valence-corrected chi connectivity index (χ3v) is 14.9. The second-order valence-corrected chi connectivity index (χ2v) is 18.3. The molecular weight excluding hydrogens is 601 g/mol. The third-order valence-electron chi connectivity index (χ3n) is 14.9. The van der Waals surface area contributed by atoms with E-state index in [9.17, 15) is 0 Å². The molecule has 0 aromatic carbocycles. The molecule has 0 aromatic rings. The Morgan fingerprint density at radius 2 is 0.800 bits per heavy atom. The molecule has 7 rings (SSSR count). The molecule has 0 saturated heterocycles. The third kappa shape index (κ3) is 4.35. The van der Waals surface area contributed by atoms with E-state index >= 15 is 0 Å². The van der Waals surface area contributed by atoms with Crippen molar-refractivity contribution in [1.29, 1.82) is 0 Å². The molecule has 0 amide bonds. The van der Waals surface area contributed by atoms with Gasteiger partial charge in [-0.3, -0.25) is 0 Å². The molecule has 0 N–H and O–H groups in total. The first-order valence-corrected chi connectivity index (χ1v) is 19.9. The minimum Gasteiger partial charge on any atom is -0.0946 e. The maximum Gasteiger partial charge on any atom is 0.0124 e. The van der Waals surface area contributed by atoms with E-state index < -0.39 is 0 Å². The van der Waals surface area contributed by atoms with Crippen molar-refractivity contribution in [2.24, 2.45) is 47.3 Å². The fourth-order valence-electron chi connectivity index (χ4n) is 11.9. The van der Waals surface area contributed by atoms with Gasteiger partial charge in [-0.1, -0.05) is 79.7 Å². The van der Waals surface area contributed by atoms with Crippen molar-refractivity contribution in [2.45, 2.75) is 124 Å². The lowest BCUT2D eigenvalue weighted by Crippen LogP contribution is -2.20. The lowest BCUT2D eigenvalue weighted by atomic mass is 9.73. The molecular formula is C50H64. The Morgan fingerprint density at radius 1 is 0.420 bits per heavy atom. The van der Waals surface area contributed by atoms with Gasteiger partial charge in [0, 0.05) is 29.6 Å². The van der Waals surface area contributed by atoms with Crippen LogP contribution in [0.2, 0.25) is 0 Å². The summed E-state index contributed by atoms with van der Waals surface area (Å²) < 4.78 is 0. The topological polar surface area (TPSA) is 0 Å². The average molecular weight is 665 g/mol. The molecule has 0 heterocycles. The predicted octanol–water partition coefficient (Wildman–Crippen LogP) is 14.2. The molecule has 264 valence electrons. The van der Waals surface area contributed by atoms with Gasteiger partial charge in [-0.15, -0.1) is 0 Å². The molecule has 0 nitrogen and oxygen atoms in total. The summed E-state index contributed by atoms with van der Waals surface area (Å²) in [4.78, 5) is 0.